The van der Waals surface area contributed by atoms with Gasteiger partial charge in [-0.1, -0.05) is 23.7 Å². The molecule has 132 valence electrons. The monoisotopic (exact) mass is 385 g/mol. The van der Waals surface area contributed by atoms with E-state index >= 15 is 0 Å². The molecule has 0 aliphatic heterocycles. The third-order valence-corrected chi connectivity index (χ3v) is 3.81. The van der Waals surface area contributed by atoms with Gasteiger partial charge in [0.2, 0.25) is 0 Å². The van der Waals surface area contributed by atoms with Gasteiger partial charge < -0.3 is 20.7 Å². The molecule has 8 heteroatoms. The Bertz CT molecular complexity index is 887. The van der Waals surface area contributed by atoms with Crippen LogP contribution in [0.1, 0.15) is 0 Å². The van der Waals surface area contributed by atoms with Gasteiger partial charge in [-0.2, -0.15) is 0 Å². The van der Waals surface area contributed by atoms with E-state index in [1.807, 2.05) is 48.5 Å². The third kappa shape index (κ3) is 4.81. The van der Waals surface area contributed by atoms with E-state index in [0.717, 1.165) is 22.8 Å². The van der Waals surface area contributed by atoms with E-state index in [1.165, 1.54) is 0 Å². The Morgan fingerprint density at radius 3 is 2.35 bits per heavy atom. The summed E-state index contributed by atoms with van der Waals surface area (Å²) in [6.45, 7) is 0. The molecule has 0 spiro atoms. The van der Waals surface area contributed by atoms with Gasteiger partial charge in [0.15, 0.2) is 16.1 Å². The van der Waals surface area contributed by atoms with E-state index in [-0.39, 0.29) is 0 Å². The number of ether oxygens (including phenoxy) is 1. The highest BCUT2D eigenvalue weighted by atomic mass is 35.5. The van der Waals surface area contributed by atoms with Crippen LogP contribution in [0.4, 0.5) is 22.9 Å². The molecule has 0 bridgehead atoms. The highest BCUT2D eigenvalue weighted by Gasteiger charge is 2.04. The van der Waals surface area contributed by atoms with Crippen molar-refractivity contribution in [1.82, 2.24) is 10.2 Å². The molecule has 0 saturated heterocycles. The van der Waals surface area contributed by atoms with Crippen molar-refractivity contribution in [2.24, 2.45) is 0 Å². The summed E-state index contributed by atoms with van der Waals surface area (Å²) in [6, 6.07) is 18.6. The van der Waals surface area contributed by atoms with Gasteiger partial charge in [0.05, 0.1) is 12.8 Å². The number of aromatic nitrogens is 2. The molecule has 0 atom stereocenters. The lowest BCUT2D eigenvalue weighted by Crippen LogP contribution is -2.19. The standard InChI is InChI=1S/C18H16ClN5OS/c1-25-15-5-3-2-4-14(15)22-18(26)21-13-8-6-12(7-9-13)20-17-11-10-16(19)23-24-17/h2-11H,1H3,(H,20,24)(H2,21,22,26). The summed E-state index contributed by atoms with van der Waals surface area (Å²) in [5.41, 5.74) is 2.52. The molecule has 3 aromatic rings. The van der Waals surface area contributed by atoms with Gasteiger partial charge in [-0.25, -0.2) is 0 Å². The summed E-state index contributed by atoms with van der Waals surface area (Å²) in [6.07, 6.45) is 0. The summed E-state index contributed by atoms with van der Waals surface area (Å²) < 4.78 is 5.30. The molecule has 6 nitrogen and oxygen atoms in total. The van der Waals surface area contributed by atoms with Gasteiger partial charge in [-0.15, -0.1) is 10.2 Å². The normalized spacial score (nSPS) is 10.1. The predicted octanol–water partition coefficient (Wildman–Crippen LogP) is 4.69. The van der Waals surface area contributed by atoms with Gasteiger partial charge in [0, 0.05) is 11.4 Å². The molecule has 26 heavy (non-hydrogen) atoms. The van der Waals surface area contributed by atoms with Crippen molar-refractivity contribution in [2.75, 3.05) is 23.1 Å². The molecule has 0 fully saturated rings. The van der Waals surface area contributed by atoms with E-state index in [1.54, 1.807) is 19.2 Å². The highest BCUT2D eigenvalue weighted by molar-refractivity contribution is 7.80. The molecule has 1 heterocycles. The van der Waals surface area contributed by atoms with Crippen molar-refractivity contribution in [3.8, 4) is 5.75 Å². The number of thiocarbonyl (C=S) groups is 1. The third-order valence-electron chi connectivity index (χ3n) is 3.40. The van der Waals surface area contributed by atoms with Crippen LogP contribution in [0, 0.1) is 0 Å². The fraction of sp³-hybridized carbons (Fsp3) is 0.0556. The molecule has 0 radical (unpaired) electrons. The number of halogens is 1. The second-order valence-electron chi connectivity index (χ2n) is 5.22. The Kier molecular flexibility index (Phi) is 5.83. The molecule has 2 aromatic carbocycles. The average Bonchev–Trinajstić information content (AvgIpc) is 2.65. The molecule has 3 N–H and O–H groups in total. The van der Waals surface area contributed by atoms with Gasteiger partial charge in [0.1, 0.15) is 5.75 Å². The number of nitrogens with zero attached hydrogens (tertiary/aromatic N) is 2. The zero-order valence-electron chi connectivity index (χ0n) is 13.9. The number of hydrogen-bond donors (Lipinski definition) is 3. The van der Waals surface area contributed by atoms with Crippen LogP contribution in [0.5, 0.6) is 5.75 Å². The first-order valence-electron chi connectivity index (χ1n) is 7.71. The minimum Gasteiger partial charge on any atom is -0.495 e. The SMILES string of the molecule is COc1ccccc1NC(=S)Nc1ccc(Nc2ccc(Cl)nn2)cc1. The quantitative estimate of drug-likeness (QED) is 0.550. The molecule has 0 aliphatic rings. The Hall–Kier alpha value is -2.90. The average molecular weight is 386 g/mol. The Morgan fingerprint density at radius 1 is 0.923 bits per heavy atom. The number of para-hydroxylation sites is 2. The molecule has 3 rings (SSSR count). The van der Waals surface area contributed by atoms with Crippen molar-refractivity contribution in [3.05, 3.63) is 65.8 Å². The van der Waals surface area contributed by atoms with Crippen LogP contribution in [0.25, 0.3) is 0 Å². The molecule has 0 unspecified atom stereocenters. The second kappa shape index (κ2) is 8.46. The predicted molar refractivity (Wildman–Crippen MR) is 110 cm³/mol. The molecule has 0 amide bonds. The minimum absolute atomic E-state index is 0.353. The van der Waals surface area contributed by atoms with E-state index in [2.05, 4.69) is 26.1 Å². The van der Waals surface area contributed by atoms with E-state index < -0.39 is 0 Å². The van der Waals surface area contributed by atoms with E-state index in [9.17, 15) is 0 Å². The Labute approximate surface area is 161 Å². The largest absolute Gasteiger partial charge is 0.495 e. The van der Waals surface area contributed by atoms with Crippen LogP contribution in [-0.4, -0.2) is 22.4 Å². The fourth-order valence-corrected chi connectivity index (χ4v) is 2.53. The molecule has 0 aliphatic carbocycles. The summed E-state index contributed by atoms with van der Waals surface area (Å²) in [5.74, 6) is 1.34. The lowest BCUT2D eigenvalue weighted by molar-refractivity contribution is 0.417. The van der Waals surface area contributed by atoms with Crippen LogP contribution in [0.2, 0.25) is 5.15 Å². The first-order valence-corrected chi connectivity index (χ1v) is 8.50. The zero-order chi connectivity index (χ0) is 18.4. The first kappa shape index (κ1) is 17.9. The van der Waals surface area contributed by atoms with Crippen LogP contribution in [0.3, 0.4) is 0 Å². The maximum atomic E-state index is 5.73. The van der Waals surface area contributed by atoms with Gasteiger partial charge >= 0.3 is 0 Å². The summed E-state index contributed by atoms with van der Waals surface area (Å²) >= 11 is 11.1. The summed E-state index contributed by atoms with van der Waals surface area (Å²) in [4.78, 5) is 0. The maximum absolute atomic E-state index is 5.73. The molecular weight excluding hydrogens is 370 g/mol. The van der Waals surface area contributed by atoms with Crippen molar-refractivity contribution in [2.45, 2.75) is 0 Å². The van der Waals surface area contributed by atoms with Crippen molar-refractivity contribution >= 4 is 51.8 Å². The fourth-order valence-electron chi connectivity index (χ4n) is 2.20. The Balaban J connectivity index is 1.60. The van der Waals surface area contributed by atoms with E-state index in [0.29, 0.717) is 16.1 Å². The topological polar surface area (TPSA) is 71.1 Å². The van der Waals surface area contributed by atoms with E-state index in [4.69, 9.17) is 28.6 Å². The number of benzene rings is 2. The number of nitrogens with one attached hydrogen (secondary N) is 3. The second-order valence-corrected chi connectivity index (χ2v) is 6.02. The van der Waals surface area contributed by atoms with Gasteiger partial charge in [-0.3, -0.25) is 0 Å². The number of methoxy groups -OCH3 is 1. The van der Waals surface area contributed by atoms with Crippen LogP contribution in [-0.2, 0) is 0 Å². The zero-order valence-corrected chi connectivity index (χ0v) is 15.4. The maximum Gasteiger partial charge on any atom is 0.175 e. The minimum atomic E-state index is 0.353. The summed E-state index contributed by atoms with van der Waals surface area (Å²) in [5, 5.41) is 18.0. The lowest BCUT2D eigenvalue weighted by Gasteiger charge is -2.13. The number of anilines is 4. The highest BCUT2D eigenvalue weighted by Crippen LogP contribution is 2.23. The van der Waals surface area contributed by atoms with Crippen LogP contribution >= 0.6 is 23.8 Å². The van der Waals surface area contributed by atoms with Gasteiger partial charge in [-0.05, 0) is 60.7 Å². The smallest absolute Gasteiger partial charge is 0.175 e. The van der Waals surface area contributed by atoms with Crippen molar-refractivity contribution in [1.29, 1.82) is 0 Å². The lowest BCUT2D eigenvalue weighted by atomic mass is 10.2. The first-order chi connectivity index (χ1) is 12.6. The van der Waals surface area contributed by atoms with Crippen LogP contribution in [0.15, 0.2) is 60.7 Å². The number of hydrogen-bond acceptors (Lipinski definition) is 5. The van der Waals surface area contributed by atoms with Gasteiger partial charge in [0.25, 0.3) is 0 Å². The number of rotatable bonds is 5. The van der Waals surface area contributed by atoms with Crippen molar-refractivity contribution < 1.29 is 4.74 Å². The van der Waals surface area contributed by atoms with Crippen LogP contribution < -0.4 is 20.7 Å². The molecular formula is C18H16ClN5OS. The summed E-state index contributed by atoms with van der Waals surface area (Å²) in [7, 11) is 1.62. The molecule has 1 aromatic heterocycles. The Morgan fingerprint density at radius 2 is 1.65 bits per heavy atom. The van der Waals surface area contributed by atoms with Crippen molar-refractivity contribution in [3.63, 3.8) is 0 Å². The molecule has 0 saturated carbocycles.